The van der Waals surface area contributed by atoms with Crippen LogP contribution in [-0.2, 0) is 10.0 Å². The first-order chi connectivity index (χ1) is 11.8. The van der Waals surface area contributed by atoms with Crippen molar-refractivity contribution in [3.63, 3.8) is 0 Å². The molecule has 0 spiro atoms. The monoisotopic (exact) mass is 381 g/mol. The number of anilines is 1. The fourth-order valence-corrected chi connectivity index (χ4v) is 3.41. The molecule has 0 bridgehead atoms. The smallest absolute Gasteiger partial charge is 0.261 e. The van der Waals surface area contributed by atoms with E-state index in [1.54, 1.807) is 30.3 Å². The standard InChI is InChI=1S/C17H20ClN3O3S/c1-21(2)11-10-19-17(22)13-6-5-7-14(12-13)25(23,24)20-16-9-4-3-8-15(16)18/h3-9,12,20H,10-11H2,1-2H3,(H,19,22). The molecule has 2 N–H and O–H groups in total. The maximum absolute atomic E-state index is 12.5. The number of likely N-dealkylation sites (N-methyl/N-ethyl adjacent to an activating group) is 1. The van der Waals surface area contributed by atoms with E-state index in [2.05, 4.69) is 10.0 Å². The van der Waals surface area contributed by atoms with Crippen molar-refractivity contribution in [2.75, 3.05) is 31.9 Å². The van der Waals surface area contributed by atoms with E-state index in [1.165, 1.54) is 18.2 Å². The summed E-state index contributed by atoms with van der Waals surface area (Å²) in [5.41, 5.74) is 0.561. The normalized spacial score (nSPS) is 11.4. The molecule has 0 fully saturated rings. The first-order valence-electron chi connectivity index (χ1n) is 7.60. The van der Waals surface area contributed by atoms with Crippen molar-refractivity contribution in [2.24, 2.45) is 0 Å². The third kappa shape index (κ3) is 5.45. The molecule has 8 heteroatoms. The van der Waals surface area contributed by atoms with Gasteiger partial charge < -0.3 is 10.2 Å². The number of rotatable bonds is 7. The van der Waals surface area contributed by atoms with Crippen LogP contribution < -0.4 is 10.0 Å². The van der Waals surface area contributed by atoms with E-state index < -0.39 is 10.0 Å². The van der Waals surface area contributed by atoms with Gasteiger partial charge in [0.2, 0.25) is 0 Å². The summed E-state index contributed by atoms with van der Waals surface area (Å²) in [6, 6.07) is 12.4. The Morgan fingerprint density at radius 2 is 1.84 bits per heavy atom. The van der Waals surface area contributed by atoms with Crippen molar-refractivity contribution in [3.05, 3.63) is 59.1 Å². The molecule has 1 amide bonds. The Hall–Kier alpha value is -2.09. The third-order valence-corrected chi connectivity index (χ3v) is 5.06. The summed E-state index contributed by atoms with van der Waals surface area (Å²) in [6.45, 7) is 1.17. The highest BCUT2D eigenvalue weighted by Gasteiger charge is 2.17. The highest BCUT2D eigenvalue weighted by molar-refractivity contribution is 7.92. The van der Waals surface area contributed by atoms with Crippen molar-refractivity contribution in [1.82, 2.24) is 10.2 Å². The number of halogens is 1. The number of sulfonamides is 1. The SMILES string of the molecule is CN(C)CCNC(=O)c1cccc(S(=O)(=O)Nc2ccccc2Cl)c1. The number of hydrogen-bond donors (Lipinski definition) is 2. The number of benzene rings is 2. The van der Waals surface area contributed by atoms with Gasteiger partial charge >= 0.3 is 0 Å². The van der Waals surface area contributed by atoms with E-state index in [0.29, 0.717) is 18.1 Å². The molecule has 6 nitrogen and oxygen atoms in total. The van der Waals surface area contributed by atoms with Gasteiger partial charge in [0.25, 0.3) is 15.9 Å². The molecular weight excluding hydrogens is 362 g/mol. The Kier molecular flexibility index (Phi) is 6.41. The molecule has 0 saturated heterocycles. The molecule has 0 heterocycles. The van der Waals surface area contributed by atoms with Crippen LogP contribution in [0.2, 0.25) is 5.02 Å². The Balaban J connectivity index is 2.17. The van der Waals surface area contributed by atoms with E-state index in [4.69, 9.17) is 11.6 Å². The van der Waals surface area contributed by atoms with Gasteiger partial charge in [0.05, 0.1) is 15.6 Å². The predicted octanol–water partition coefficient (Wildman–Crippen LogP) is 2.43. The topological polar surface area (TPSA) is 78.5 Å². The average molecular weight is 382 g/mol. The third-order valence-electron chi connectivity index (χ3n) is 3.37. The van der Waals surface area contributed by atoms with Crippen LogP contribution in [0.5, 0.6) is 0 Å². The van der Waals surface area contributed by atoms with E-state index in [-0.39, 0.29) is 22.1 Å². The molecule has 134 valence electrons. The highest BCUT2D eigenvalue weighted by Crippen LogP contribution is 2.24. The van der Waals surface area contributed by atoms with Crippen molar-refractivity contribution in [3.8, 4) is 0 Å². The van der Waals surface area contributed by atoms with Gasteiger partial charge in [-0.05, 0) is 44.4 Å². The second kappa shape index (κ2) is 8.33. The Morgan fingerprint density at radius 3 is 2.52 bits per heavy atom. The molecule has 0 aliphatic heterocycles. The van der Waals surface area contributed by atoms with Gasteiger partial charge in [-0.1, -0.05) is 29.8 Å². The molecule has 0 radical (unpaired) electrons. The summed E-state index contributed by atoms with van der Waals surface area (Å²) in [4.78, 5) is 14.1. The van der Waals surface area contributed by atoms with Crippen LogP contribution in [-0.4, -0.2) is 46.4 Å². The van der Waals surface area contributed by atoms with E-state index in [1.807, 2.05) is 19.0 Å². The number of nitrogens with one attached hydrogen (secondary N) is 2. The number of carbonyl (C=O) groups excluding carboxylic acids is 1. The minimum atomic E-state index is -3.85. The summed E-state index contributed by atoms with van der Waals surface area (Å²) in [5, 5.41) is 3.05. The van der Waals surface area contributed by atoms with Gasteiger partial charge in [-0.25, -0.2) is 8.42 Å². The minimum Gasteiger partial charge on any atom is -0.351 e. The van der Waals surface area contributed by atoms with E-state index in [0.717, 1.165) is 0 Å². The maximum atomic E-state index is 12.5. The molecule has 0 aliphatic rings. The quantitative estimate of drug-likeness (QED) is 0.772. The van der Waals surface area contributed by atoms with Crippen molar-refractivity contribution in [2.45, 2.75) is 4.90 Å². The number of nitrogens with zero attached hydrogens (tertiary/aromatic N) is 1. The van der Waals surface area contributed by atoms with E-state index >= 15 is 0 Å². The second-order valence-electron chi connectivity index (χ2n) is 5.67. The average Bonchev–Trinajstić information content (AvgIpc) is 2.56. The number of hydrogen-bond acceptors (Lipinski definition) is 4. The highest BCUT2D eigenvalue weighted by atomic mass is 35.5. The molecule has 2 rings (SSSR count). The first-order valence-corrected chi connectivity index (χ1v) is 9.46. The molecule has 2 aromatic rings. The molecule has 2 aromatic carbocycles. The lowest BCUT2D eigenvalue weighted by molar-refractivity contribution is 0.0951. The van der Waals surface area contributed by atoms with Crippen LogP contribution >= 0.6 is 11.6 Å². The molecule has 25 heavy (non-hydrogen) atoms. The van der Waals surface area contributed by atoms with Gasteiger partial charge in [0, 0.05) is 18.7 Å². The van der Waals surface area contributed by atoms with Crippen LogP contribution in [0.4, 0.5) is 5.69 Å². The lowest BCUT2D eigenvalue weighted by atomic mass is 10.2. The van der Waals surface area contributed by atoms with Gasteiger partial charge in [-0.2, -0.15) is 0 Å². The fourth-order valence-electron chi connectivity index (χ4n) is 2.05. The van der Waals surface area contributed by atoms with Crippen LogP contribution in [0.1, 0.15) is 10.4 Å². The molecule has 0 aliphatic carbocycles. The molecule has 0 aromatic heterocycles. The van der Waals surface area contributed by atoms with Crippen molar-refractivity contribution < 1.29 is 13.2 Å². The Labute approximate surface area is 152 Å². The second-order valence-corrected chi connectivity index (χ2v) is 7.76. The number of amides is 1. The lowest BCUT2D eigenvalue weighted by Gasteiger charge is -2.12. The Bertz CT molecular complexity index is 854. The maximum Gasteiger partial charge on any atom is 0.261 e. The summed E-state index contributed by atoms with van der Waals surface area (Å²) in [6.07, 6.45) is 0. The van der Waals surface area contributed by atoms with Crippen molar-refractivity contribution in [1.29, 1.82) is 0 Å². The Morgan fingerprint density at radius 1 is 1.12 bits per heavy atom. The van der Waals surface area contributed by atoms with Gasteiger partial charge in [-0.15, -0.1) is 0 Å². The first kappa shape index (κ1) is 19.2. The van der Waals surface area contributed by atoms with Crippen LogP contribution in [0, 0.1) is 0 Å². The van der Waals surface area contributed by atoms with Gasteiger partial charge in [0.1, 0.15) is 0 Å². The fraction of sp³-hybridized carbons (Fsp3) is 0.235. The molecule has 0 unspecified atom stereocenters. The van der Waals surface area contributed by atoms with Gasteiger partial charge in [0.15, 0.2) is 0 Å². The minimum absolute atomic E-state index is 0.00678. The number of para-hydroxylation sites is 1. The zero-order valence-corrected chi connectivity index (χ0v) is 15.6. The molecular formula is C17H20ClN3O3S. The predicted molar refractivity (Wildman–Crippen MR) is 99.6 cm³/mol. The van der Waals surface area contributed by atoms with Crippen LogP contribution in [0.25, 0.3) is 0 Å². The van der Waals surface area contributed by atoms with Gasteiger partial charge in [-0.3, -0.25) is 9.52 Å². The summed E-state index contributed by atoms with van der Waals surface area (Å²) in [5.74, 6) is -0.323. The van der Waals surface area contributed by atoms with Crippen LogP contribution in [0.15, 0.2) is 53.4 Å². The summed E-state index contributed by atoms with van der Waals surface area (Å²) >= 11 is 5.99. The lowest BCUT2D eigenvalue weighted by Crippen LogP contribution is -2.31. The molecule has 0 atom stereocenters. The number of carbonyl (C=O) groups is 1. The summed E-state index contributed by atoms with van der Waals surface area (Å²) < 4.78 is 27.5. The van der Waals surface area contributed by atoms with Crippen molar-refractivity contribution >= 4 is 33.2 Å². The van der Waals surface area contributed by atoms with E-state index in [9.17, 15) is 13.2 Å². The summed E-state index contributed by atoms with van der Waals surface area (Å²) in [7, 11) is -0.0434. The molecule has 0 saturated carbocycles. The van der Waals surface area contributed by atoms with Crippen LogP contribution in [0.3, 0.4) is 0 Å². The zero-order valence-electron chi connectivity index (χ0n) is 14.0. The largest absolute Gasteiger partial charge is 0.351 e. The zero-order chi connectivity index (χ0) is 18.4.